The molecular formula is C12H17N5. The van der Waals surface area contributed by atoms with Crippen molar-refractivity contribution in [2.45, 2.75) is 19.4 Å². The predicted molar refractivity (Wildman–Crippen MR) is 65.4 cm³/mol. The highest BCUT2D eigenvalue weighted by Crippen LogP contribution is 2.13. The molecule has 0 aliphatic heterocycles. The lowest BCUT2D eigenvalue weighted by molar-refractivity contribution is 0.521. The van der Waals surface area contributed by atoms with Gasteiger partial charge in [-0.25, -0.2) is 9.97 Å². The maximum atomic E-state index is 4.30. The summed E-state index contributed by atoms with van der Waals surface area (Å²) in [4.78, 5) is 8.60. The molecule has 1 atom stereocenters. The van der Waals surface area contributed by atoms with Gasteiger partial charge in [0.25, 0.3) is 0 Å². The Bertz CT molecular complexity index is 451. The number of aromatic nitrogens is 4. The van der Waals surface area contributed by atoms with Gasteiger partial charge in [-0.1, -0.05) is 6.92 Å². The number of rotatable bonds is 5. The van der Waals surface area contributed by atoms with E-state index in [-0.39, 0.29) is 6.04 Å². The number of likely N-dealkylation sites (N-methyl/N-ethyl adjacent to an activating group) is 1. The van der Waals surface area contributed by atoms with Crippen molar-refractivity contribution in [3.63, 3.8) is 0 Å². The van der Waals surface area contributed by atoms with E-state index in [1.807, 2.05) is 30.2 Å². The highest BCUT2D eigenvalue weighted by Gasteiger charge is 2.14. The molecule has 1 N–H and O–H groups in total. The summed E-state index contributed by atoms with van der Waals surface area (Å²) in [5.74, 6) is 0.832. The molecule has 0 aliphatic carbocycles. The first kappa shape index (κ1) is 11.7. The third kappa shape index (κ3) is 3.10. The molecule has 0 amide bonds. The molecule has 90 valence electrons. The molecule has 0 aromatic carbocycles. The lowest BCUT2D eigenvalue weighted by Crippen LogP contribution is -2.24. The topological polar surface area (TPSA) is 55.6 Å². The van der Waals surface area contributed by atoms with Crippen molar-refractivity contribution >= 4 is 0 Å². The van der Waals surface area contributed by atoms with Crippen molar-refractivity contribution in [2.75, 3.05) is 6.54 Å². The molecule has 0 saturated heterocycles. The Morgan fingerprint density at radius 2 is 2.12 bits per heavy atom. The van der Waals surface area contributed by atoms with Gasteiger partial charge >= 0.3 is 0 Å². The molecule has 2 aromatic heterocycles. The first-order valence-corrected chi connectivity index (χ1v) is 5.77. The smallest absolute Gasteiger partial charge is 0.145 e. The molecule has 5 heteroatoms. The third-order valence-electron chi connectivity index (χ3n) is 2.55. The Labute approximate surface area is 101 Å². The van der Waals surface area contributed by atoms with Crippen molar-refractivity contribution in [2.24, 2.45) is 7.05 Å². The monoisotopic (exact) mass is 231 g/mol. The van der Waals surface area contributed by atoms with Crippen molar-refractivity contribution in [1.82, 2.24) is 25.1 Å². The van der Waals surface area contributed by atoms with E-state index in [0.717, 1.165) is 18.8 Å². The first-order chi connectivity index (χ1) is 8.29. The average molecular weight is 231 g/mol. The summed E-state index contributed by atoms with van der Waals surface area (Å²) in [5, 5.41) is 7.57. The molecule has 0 radical (unpaired) electrons. The van der Waals surface area contributed by atoms with E-state index in [4.69, 9.17) is 0 Å². The Hall–Kier alpha value is -1.75. The fraction of sp³-hybridized carbons (Fsp3) is 0.417. The van der Waals surface area contributed by atoms with Gasteiger partial charge in [-0.05, 0) is 24.6 Å². The van der Waals surface area contributed by atoms with Gasteiger partial charge in [0.1, 0.15) is 5.82 Å². The largest absolute Gasteiger partial charge is 0.307 e. The molecule has 0 aliphatic rings. The normalized spacial score (nSPS) is 12.6. The van der Waals surface area contributed by atoms with Crippen LogP contribution in [0.3, 0.4) is 0 Å². The summed E-state index contributed by atoms with van der Waals surface area (Å²) in [6.07, 6.45) is 8.30. The maximum absolute atomic E-state index is 4.30. The molecule has 2 heterocycles. The zero-order chi connectivity index (χ0) is 12.1. The molecule has 0 bridgehead atoms. The van der Waals surface area contributed by atoms with E-state index in [2.05, 4.69) is 27.3 Å². The molecule has 5 nitrogen and oxygen atoms in total. The molecule has 2 rings (SSSR count). The van der Waals surface area contributed by atoms with Crippen LogP contribution in [0.25, 0.3) is 0 Å². The highest BCUT2D eigenvalue weighted by molar-refractivity contribution is 5.09. The van der Waals surface area contributed by atoms with Crippen LogP contribution in [0.5, 0.6) is 0 Å². The molecule has 0 fully saturated rings. The third-order valence-corrected chi connectivity index (χ3v) is 2.55. The minimum absolute atomic E-state index is 0.144. The minimum Gasteiger partial charge on any atom is -0.307 e. The van der Waals surface area contributed by atoms with Crippen molar-refractivity contribution in [3.05, 3.63) is 42.2 Å². The number of hydrogen-bond acceptors (Lipinski definition) is 4. The highest BCUT2D eigenvalue weighted by atomic mass is 15.2. The second-order valence-corrected chi connectivity index (χ2v) is 3.94. The standard InChI is InChI=1S/C12H17N5/c1-3-13-11(12-14-5-4-6-15-12)7-10-8-16-17(2)9-10/h4-6,8-9,11,13H,3,7H2,1-2H3. The van der Waals surface area contributed by atoms with Crippen LogP contribution in [0.4, 0.5) is 0 Å². The van der Waals surface area contributed by atoms with Gasteiger partial charge in [-0.15, -0.1) is 0 Å². The Balaban J connectivity index is 2.13. The minimum atomic E-state index is 0.144. The van der Waals surface area contributed by atoms with Crippen LogP contribution in [-0.4, -0.2) is 26.3 Å². The van der Waals surface area contributed by atoms with Crippen LogP contribution in [-0.2, 0) is 13.5 Å². The number of aryl methyl sites for hydroxylation is 1. The van der Waals surface area contributed by atoms with Gasteiger partial charge in [-0.3, -0.25) is 4.68 Å². The summed E-state index contributed by atoms with van der Waals surface area (Å²) in [6, 6.07) is 1.97. The molecule has 0 spiro atoms. The Kier molecular flexibility index (Phi) is 3.82. The van der Waals surface area contributed by atoms with Crippen LogP contribution < -0.4 is 5.32 Å². The van der Waals surface area contributed by atoms with Gasteiger partial charge in [-0.2, -0.15) is 5.10 Å². The maximum Gasteiger partial charge on any atom is 0.145 e. The molecule has 2 aromatic rings. The molecule has 1 unspecified atom stereocenters. The molecule has 0 saturated carbocycles. The van der Waals surface area contributed by atoms with Crippen LogP contribution in [0.2, 0.25) is 0 Å². The summed E-state index contributed by atoms with van der Waals surface area (Å²) >= 11 is 0. The van der Waals surface area contributed by atoms with Gasteiger partial charge in [0.2, 0.25) is 0 Å². The second-order valence-electron chi connectivity index (χ2n) is 3.94. The zero-order valence-electron chi connectivity index (χ0n) is 10.2. The van der Waals surface area contributed by atoms with E-state index >= 15 is 0 Å². The number of hydrogen-bond donors (Lipinski definition) is 1. The van der Waals surface area contributed by atoms with E-state index in [9.17, 15) is 0 Å². The van der Waals surface area contributed by atoms with Gasteiger partial charge < -0.3 is 5.32 Å². The quantitative estimate of drug-likeness (QED) is 0.837. The van der Waals surface area contributed by atoms with Crippen LogP contribution in [0.1, 0.15) is 24.4 Å². The molecule has 17 heavy (non-hydrogen) atoms. The SMILES string of the molecule is CCNC(Cc1cnn(C)c1)c1ncccn1. The summed E-state index contributed by atoms with van der Waals surface area (Å²) in [6.45, 7) is 2.97. The molecular weight excluding hydrogens is 214 g/mol. The number of nitrogens with one attached hydrogen (secondary N) is 1. The van der Waals surface area contributed by atoms with Crippen molar-refractivity contribution < 1.29 is 0 Å². The van der Waals surface area contributed by atoms with E-state index in [1.54, 1.807) is 12.4 Å². The van der Waals surface area contributed by atoms with Crippen molar-refractivity contribution in [3.8, 4) is 0 Å². The Morgan fingerprint density at radius 3 is 2.71 bits per heavy atom. The lowest BCUT2D eigenvalue weighted by atomic mass is 10.1. The first-order valence-electron chi connectivity index (χ1n) is 5.77. The Morgan fingerprint density at radius 1 is 1.35 bits per heavy atom. The summed E-state index contributed by atoms with van der Waals surface area (Å²) in [5.41, 5.74) is 1.19. The van der Waals surface area contributed by atoms with E-state index < -0.39 is 0 Å². The van der Waals surface area contributed by atoms with Gasteiger partial charge in [0, 0.05) is 25.6 Å². The van der Waals surface area contributed by atoms with Gasteiger partial charge in [0.15, 0.2) is 0 Å². The summed E-state index contributed by atoms with van der Waals surface area (Å²) in [7, 11) is 1.92. The average Bonchev–Trinajstić information content (AvgIpc) is 2.75. The predicted octanol–water partition coefficient (Wildman–Crippen LogP) is 1.10. The summed E-state index contributed by atoms with van der Waals surface area (Å²) < 4.78 is 1.81. The van der Waals surface area contributed by atoms with Crippen molar-refractivity contribution in [1.29, 1.82) is 0 Å². The van der Waals surface area contributed by atoms with Crippen LogP contribution >= 0.6 is 0 Å². The fourth-order valence-corrected chi connectivity index (χ4v) is 1.80. The van der Waals surface area contributed by atoms with E-state index in [1.165, 1.54) is 5.56 Å². The zero-order valence-corrected chi connectivity index (χ0v) is 10.2. The van der Waals surface area contributed by atoms with Gasteiger partial charge in [0.05, 0.1) is 12.2 Å². The lowest BCUT2D eigenvalue weighted by Gasteiger charge is -2.15. The van der Waals surface area contributed by atoms with E-state index in [0.29, 0.717) is 0 Å². The second kappa shape index (κ2) is 5.54. The van der Waals surface area contributed by atoms with Crippen LogP contribution in [0, 0.1) is 0 Å². The fourth-order valence-electron chi connectivity index (χ4n) is 1.80. The van der Waals surface area contributed by atoms with Crippen LogP contribution in [0.15, 0.2) is 30.9 Å². The number of nitrogens with zero attached hydrogens (tertiary/aromatic N) is 4.